The number of halogens is 1. The summed E-state index contributed by atoms with van der Waals surface area (Å²) in [7, 11) is -3.36. The molecule has 29 heavy (non-hydrogen) atoms. The monoisotopic (exact) mass is 435 g/mol. The highest BCUT2D eigenvalue weighted by atomic mass is 35.5. The quantitative estimate of drug-likeness (QED) is 0.719. The molecule has 0 bridgehead atoms. The highest BCUT2D eigenvalue weighted by Gasteiger charge is 2.28. The molecule has 2 saturated heterocycles. The zero-order chi connectivity index (χ0) is 20.4. The molecule has 3 heterocycles. The van der Waals surface area contributed by atoms with Crippen molar-refractivity contribution in [2.45, 2.75) is 25.5 Å². The summed E-state index contributed by atoms with van der Waals surface area (Å²) in [5, 5.41) is 0.605. The standard InChI is InChI=1S/C20H26ClN5O2S/c1-16-22-19(24-8-2-3-9-24)14-20(23-16)25-10-12-26(13-11-25)29(27,28)15-17-4-6-18(21)7-5-17/h4-7,14H,2-3,8-13,15H2,1H3. The normalized spacial score (nSPS) is 18.4. The molecule has 2 aliphatic heterocycles. The molecular weight excluding hydrogens is 410 g/mol. The van der Waals surface area contributed by atoms with Crippen LogP contribution in [0.1, 0.15) is 24.2 Å². The first-order valence-electron chi connectivity index (χ1n) is 9.98. The number of aromatic nitrogens is 2. The molecule has 2 aliphatic rings. The van der Waals surface area contributed by atoms with Gasteiger partial charge in [0.2, 0.25) is 10.0 Å². The highest BCUT2D eigenvalue weighted by Crippen LogP contribution is 2.24. The third-order valence-corrected chi connectivity index (χ3v) is 7.56. The molecule has 0 radical (unpaired) electrons. The van der Waals surface area contributed by atoms with Crippen molar-refractivity contribution in [3.05, 3.63) is 46.7 Å². The smallest absolute Gasteiger partial charge is 0.218 e. The fraction of sp³-hybridized carbons (Fsp3) is 0.500. The predicted octanol–water partition coefficient (Wildman–Crippen LogP) is 2.69. The first-order chi connectivity index (χ1) is 13.9. The van der Waals surface area contributed by atoms with Gasteiger partial charge in [-0.1, -0.05) is 23.7 Å². The molecule has 4 rings (SSSR count). The van der Waals surface area contributed by atoms with Gasteiger partial charge in [0, 0.05) is 50.4 Å². The molecule has 0 saturated carbocycles. The van der Waals surface area contributed by atoms with E-state index in [0.29, 0.717) is 31.2 Å². The van der Waals surface area contributed by atoms with E-state index in [9.17, 15) is 8.42 Å². The summed E-state index contributed by atoms with van der Waals surface area (Å²) in [5.41, 5.74) is 0.749. The number of hydrogen-bond acceptors (Lipinski definition) is 6. The van der Waals surface area contributed by atoms with Gasteiger partial charge < -0.3 is 9.80 Å². The molecule has 0 unspecified atom stereocenters. The molecule has 0 atom stereocenters. The second kappa shape index (κ2) is 8.45. The van der Waals surface area contributed by atoms with Gasteiger partial charge in [0.1, 0.15) is 17.5 Å². The van der Waals surface area contributed by atoms with E-state index in [1.165, 1.54) is 12.8 Å². The Bertz CT molecular complexity index is 953. The number of rotatable bonds is 5. The molecule has 1 aromatic heterocycles. The third kappa shape index (κ3) is 4.82. The Labute approximate surface area is 177 Å². The van der Waals surface area contributed by atoms with Crippen molar-refractivity contribution in [1.29, 1.82) is 0 Å². The zero-order valence-corrected chi connectivity index (χ0v) is 18.2. The summed E-state index contributed by atoms with van der Waals surface area (Å²) in [5.74, 6) is 2.61. The number of hydrogen-bond donors (Lipinski definition) is 0. The Kier molecular flexibility index (Phi) is 5.94. The van der Waals surface area contributed by atoms with Crippen LogP contribution in [-0.4, -0.2) is 62.0 Å². The molecule has 0 amide bonds. The Morgan fingerprint density at radius 3 is 2.03 bits per heavy atom. The Morgan fingerprint density at radius 1 is 0.897 bits per heavy atom. The van der Waals surface area contributed by atoms with E-state index in [4.69, 9.17) is 11.6 Å². The molecule has 0 aliphatic carbocycles. The van der Waals surface area contributed by atoms with Gasteiger partial charge in [-0.15, -0.1) is 0 Å². The summed E-state index contributed by atoms with van der Waals surface area (Å²) < 4.78 is 27.2. The first kappa shape index (κ1) is 20.4. The van der Waals surface area contributed by atoms with E-state index in [2.05, 4.69) is 19.8 Å². The van der Waals surface area contributed by atoms with Gasteiger partial charge in [-0.25, -0.2) is 18.4 Å². The van der Waals surface area contributed by atoms with Crippen molar-refractivity contribution >= 4 is 33.3 Å². The van der Waals surface area contributed by atoms with Crippen molar-refractivity contribution in [1.82, 2.24) is 14.3 Å². The fourth-order valence-electron chi connectivity index (χ4n) is 3.88. The van der Waals surface area contributed by atoms with E-state index < -0.39 is 10.0 Å². The lowest BCUT2D eigenvalue weighted by Gasteiger charge is -2.35. The van der Waals surface area contributed by atoms with Crippen molar-refractivity contribution in [3.63, 3.8) is 0 Å². The van der Waals surface area contributed by atoms with Crippen molar-refractivity contribution < 1.29 is 8.42 Å². The van der Waals surface area contributed by atoms with E-state index >= 15 is 0 Å². The maximum atomic E-state index is 12.8. The molecule has 156 valence electrons. The molecule has 0 N–H and O–H groups in total. The Morgan fingerprint density at radius 2 is 1.45 bits per heavy atom. The van der Waals surface area contributed by atoms with Gasteiger partial charge in [-0.3, -0.25) is 0 Å². The first-order valence-corrected chi connectivity index (χ1v) is 12.0. The predicted molar refractivity (Wildman–Crippen MR) is 116 cm³/mol. The van der Waals surface area contributed by atoms with Crippen LogP contribution < -0.4 is 9.80 Å². The van der Waals surface area contributed by atoms with E-state index in [1.54, 1.807) is 28.6 Å². The van der Waals surface area contributed by atoms with Gasteiger partial charge in [0.15, 0.2) is 0 Å². The average molecular weight is 436 g/mol. The number of nitrogens with zero attached hydrogens (tertiary/aromatic N) is 5. The van der Waals surface area contributed by atoms with Crippen LogP contribution in [0.3, 0.4) is 0 Å². The number of anilines is 2. The highest BCUT2D eigenvalue weighted by molar-refractivity contribution is 7.88. The van der Waals surface area contributed by atoms with Crippen LogP contribution in [0.5, 0.6) is 0 Å². The number of aryl methyl sites for hydroxylation is 1. The summed E-state index contributed by atoms with van der Waals surface area (Å²) in [6.07, 6.45) is 2.39. The van der Waals surface area contributed by atoms with E-state index in [0.717, 1.165) is 36.1 Å². The largest absolute Gasteiger partial charge is 0.356 e. The average Bonchev–Trinajstić information content (AvgIpc) is 3.24. The number of piperazine rings is 1. The SMILES string of the molecule is Cc1nc(N2CCCC2)cc(N2CCN(S(=O)(=O)Cc3ccc(Cl)cc3)CC2)n1. The van der Waals surface area contributed by atoms with Gasteiger partial charge in [0.25, 0.3) is 0 Å². The second-order valence-corrected chi connectivity index (χ2v) is 10.00. The summed E-state index contributed by atoms with van der Waals surface area (Å²) in [6, 6.07) is 9.01. The van der Waals surface area contributed by atoms with Crippen LogP contribution in [0.4, 0.5) is 11.6 Å². The Hall–Kier alpha value is -1.90. The summed E-state index contributed by atoms with van der Waals surface area (Å²) >= 11 is 5.89. The molecule has 2 aromatic rings. The molecule has 2 fully saturated rings. The lowest BCUT2D eigenvalue weighted by atomic mass is 10.2. The van der Waals surface area contributed by atoms with E-state index in [-0.39, 0.29) is 5.75 Å². The van der Waals surface area contributed by atoms with Crippen LogP contribution >= 0.6 is 11.6 Å². The fourth-order valence-corrected chi connectivity index (χ4v) is 5.53. The summed E-state index contributed by atoms with van der Waals surface area (Å²) in [6.45, 7) is 6.14. The maximum absolute atomic E-state index is 12.8. The topological polar surface area (TPSA) is 69.6 Å². The van der Waals surface area contributed by atoms with Crippen molar-refractivity contribution in [3.8, 4) is 0 Å². The van der Waals surface area contributed by atoms with Gasteiger partial charge in [-0.05, 0) is 37.5 Å². The minimum Gasteiger partial charge on any atom is -0.356 e. The number of benzene rings is 1. The lowest BCUT2D eigenvalue weighted by Crippen LogP contribution is -2.49. The zero-order valence-electron chi connectivity index (χ0n) is 16.6. The summed E-state index contributed by atoms with van der Waals surface area (Å²) in [4.78, 5) is 13.6. The van der Waals surface area contributed by atoms with E-state index in [1.807, 2.05) is 13.0 Å². The van der Waals surface area contributed by atoms with Crippen LogP contribution in [0, 0.1) is 6.92 Å². The van der Waals surface area contributed by atoms with Gasteiger partial charge in [0.05, 0.1) is 5.75 Å². The minimum absolute atomic E-state index is 0.00408. The van der Waals surface area contributed by atoms with Gasteiger partial charge in [-0.2, -0.15) is 4.31 Å². The molecule has 0 spiro atoms. The molecule has 9 heteroatoms. The molecular formula is C20H26ClN5O2S. The second-order valence-electron chi connectivity index (χ2n) is 7.59. The Balaban J connectivity index is 1.42. The van der Waals surface area contributed by atoms with Crippen molar-refractivity contribution in [2.24, 2.45) is 0 Å². The minimum atomic E-state index is -3.36. The molecule has 7 nitrogen and oxygen atoms in total. The van der Waals surface area contributed by atoms with Crippen LogP contribution in [0.2, 0.25) is 5.02 Å². The lowest BCUT2D eigenvalue weighted by molar-refractivity contribution is 0.383. The number of sulfonamides is 1. The van der Waals surface area contributed by atoms with Crippen LogP contribution in [-0.2, 0) is 15.8 Å². The molecule has 1 aromatic carbocycles. The maximum Gasteiger partial charge on any atom is 0.218 e. The van der Waals surface area contributed by atoms with Crippen molar-refractivity contribution in [2.75, 3.05) is 49.1 Å². The van der Waals surface area contributed by atoms with Gasteiger partial charge >= 0.3 is 0 Å². The third-order valence-electron chi connectivity index (χ3n) is 5.46. The van der Waals surface area contributed by atoms with Crippen LogP contribution in [0.25, 0.3) is 0 Å². The van der Waals surface area contributed by atoms with Crippen LogP contribution in [0.15, 0.2) is 30.3 Å².